The third-order valence-corrected chi connectivity index (χ3v) is 4.71. The standard InChI is InChI=1S/C15H25NO4/c1-10-4-3-5-11(6-10)7-14(17)16-9-12(20-2)8-13(16)15(18)19/h10-13H,3-9H2,1-2H3,(H,18,19). The van der Waals surface area contributed by atoms with E-state index in [9.17, 15) is 14.7 Å². The second-order valence-corrected chi connectivity index (χ2v) is 6.34. The zero-order chi connectivity index (χ0) is 14.7. The lowest BCUT2D eigenvalue weighted by Gasteiger charge is -2.29. The van der Waals surface area contributed by atoms with Gasteiger partial charge < -0.3 is 14.7 Å². The molecule has 2 fully saturated rings. The van der Waals surface area contributed by atoms with E-state index in [2.05, 4.69) is 6.92 Å². The van der Waals surface area contributed by atoms with Crippen molar-refractivity contribution >= 4 is 11.9 Å². The predicted octanol–water partition coefficient (Wildman–Crippen LogP) is 1.90. The second-order valence-electron chi connectivity index (χ2n) is 6.34. The Hall–Kier alpha value is -1.10. The van der Waals surface area contributed by atoms with Crippen LogP contribution in [0, 0.1) is 11.8 Å². The summed E-state index contributed by atoms with van der Waals surface area (Å²) in [6, 6.07) is -0.714. The maximum Gasteiger partial charge on any atom is 0.326 e. The maximum atomic E-state index is 12.4. The van der Waals surface area contributed by atoms with Crippen LogP contribution in [0.2, 0.25) is 0 Å². The molecule has 1 heterocycles. The van der Waals surface area contributed by atoms with E-state index < -0.39 is 12.0 Å². The fraction of sp³-hybridized carbons (Fsp3) is 0.867. The molecule has 0 spiro atoms. The van der Waals surface area contributed by atoms with Crippen LogP contribution in [-0.4, -0.2) is 47.7 Å². The van der Waals surface area contributed by atoms with E-state index in [1.54, 1.807) is 7.11 Å². The highest BCUT2D eigenvalue weighted by Crippen LogP contribution is 2.32. The zero-order valence-electron chi connectivity index (χ0n) is 12.4. The van der Waals surface area contributed by atoms with Crippen molar-refractivity contribution in [2.24, 2.45) is 11.8 Å². The fourth-order valence-corrected chi connectivity index (χ4v) is 3.59. The van der Waals surface area contributed by atoms with E-state index in [4.69, 9.17) is 4.74 Å². The average Bonchev–Trinajstić information content (AvgIpc) is 2.83. The fourth-order valence-electron chi connectivity index (χ4n) is 3.59. The first-order chi connectivity index (χ1) is 9.51. The minimum absolute atomic E-state index is 0.0175. The largest absolute Gasteiger partial charge is 0.480 e. The van der Waals surface area contributed by atoms with Gasteiger partial charge in [0.2, 0.25) is 5.91 Å². The zero-order valence-corrected chi connectivity index (χ0v) is 12.4. The van der Waals surface area contributed by atoms with Crippen LogP contribution in [0.15, 0.2) is 0 Å². The number of methoxy groups -OCH3 is 1. The molecule has 1 amide bonds. The summed E-state index contributed by atoms with van der Waals surface area (Å²) in [4.78, 5) is 25.2. The summed E-state index contributed by atoms with van der Waals surface area (Å²) < 4.78 is 5.22. The summed E-state index contributed by atoms with van der Waals surface area (Å²) in [7, 11) is 1.57. The van der Waals surface area contributed by atoms with Crippen molar-refractivity contribution in [3.63, 3.8) is 0 Å². The number of carboxylic acid groups (broad SMARTS) is 1. The second kappa shape index (κ2) is 6.57. The number of hydrogen-bond acceptors (Lipinski definition) is 3. The molecule has 20 heavy (non-hydrogen) atoms. The lowest BCUT2D eigenvalue weighted by molar-refractivity contribution is -0.148. The summed E-state index contributed by atoms with van der Waals surface area (Å²) >= 11 is 0. The molecule has 114 valence electrons. The van der Waals surface area contributed by atoms with Crippen LogP contribution in [0.4, 0.5) is 0 Å². The van der Waals surface area contributed by atoms with Crippen molar-refractivity contribution in [1.29, 1.82) is 0 Å². The minimum Gasteiger partial charge on any atom is -0.480 e. The van der Waals surface area contributed by atoms with Crippen molar-refractivity contribution in [1.82, 2.24) is 4.90 Å². The number of likely N-dealkylation sites (tertiary alicyclic amines) is 1. The molecule has 5 nitrogen and oxygen atoms in total. The molecule has 0 aromatic rings. The highest BCUT2D eigenvalue weighted by atomic mass is 16.5. The topological polar surface area (TPSA) is 66.8 Å². The minimum atomic E-state index is -0.921. The highest BCUT2D eigenvalue weighted by molar-refractivity contribution is 5.84. The monoisotopic (exact) mass is 283 g/mol. The molecule has 0 aromatic carbocycles. The third-order valence-electron chi connectivity index (χ3n) is 4.71. The van der Waals surface area contributed by atoms with Crippen LogP contribution in [0.25, 0.3) is 0 Å². The van der Waals surface area contributed by atoms with Crippen molar-refractivity contribution < 1.29 is 19.4 Å². The van der Waals surface area contributed by atoms with Crippen LogP contribution in [-0.2, 0) is 14.3 Å². The Bertz CT molecular complexity index is 371. The van der Waals surface area contributed by atoms with E-state index in [1.165, 1.54) is 17.7 Å². The van der Waals surface area contributed by atoms with E-state index in [-0.39, 0.29) is 12.0 Å². The molecule has 2 rings (SSSR count). The van der Waals surface area contributed by atoms with Crippen LogP contribution in [0.3, 0.4) is 0 Å². The SMILES string of the molecule is COC1CC(C(=O)O)N(C(=O)CC2CCCC(C)C2)C1. The van der Waals surface area contributed by atoms with Crippen LogP contribution >= 0.6 is 0 Å². The maximum absolute atomic E-state index is 12.4. The van der Waals surface area contributed by atoms with Crippen molar-refractivity contribution in [3.05, 3.63) is 0 Å². The molecule has 1 saturated carbocycles. The summed E-state index contributed by atoms with van der Waals surface area (Å²) in [6.45, 7) is 2.64. The molecule has 4 unspecified atom stereocenters. The quantitative estimate of drug-likeness (QED) is 0.855. The van der Waals surface area contributed by atoms with Gasteiger partial charge in [0.1, 0.15) is 6.04 Å². The first-order valence-electron chi connectivity index (χ1n) is 7.56. The molecule has 5 heteroatoms. The van der Waals surface area contributed by atoms with Gasteiger partial charge in [0.05, 0.1) is 6.10 Å². The number of ether oxygens (including phenoxy) is 1. The summed E-state index contributed by atoms with van der Waals surface area (Å²) in [5.41, 5.74) is 0. The molecule has 1 N–H and O–H groups in total. The Morgan fingerprint density at radius 1 is 1.30 bits per heavy atom. The van der Waals surface area contributed by atoms with Gasteiger partial charge in [0, 0.05) is 26.5 Å². The first-order valence-corrected chi connectivity index (χ1v) is 7.56. The lowest BCUT2D eigenvalue weighted by Crippen LogP contribution is -2.41. The van der Waals surface area contributed by atoms with Gasteiger partial charge in [0.15, 0.2) is 0 Å². The molecule has 1 saturated heterocycles. The summed E-state index contributed by atoms with van der Waals surface area (Å²) in [5, 5.41) is 9.24. The van der Waals surface area contributed by atoms with Crippen molar-refractivity contribution in [2.45, 2.75) is 57.6 Å². The molecule has 2 aliphatic rings. The van der Waals surface area contributed by atoms with E-state index in [0.29, 0.717) is 31.2 Å². The molecule has 0 bridgehead atoms. The highest BCUT2D eigenvalue weighted by Gasteiger charge is 2.40. The molecule has 0 radical (unpaired) electrons. The Morgan fingerprint density at radius 3 is 2.65 bits per heavy atom. The summed E-state index contributed by atoms with van der Waals surface area (Å²) in [5.74, 6) is 0.162. The van der Waals surface area contributed by atoms with Gasteiger partial charge in [-0.2, -0.15) is 0 Å². The number of carboxylic acids is 1. The van der Waals surface area contributed by atoms with Gasteiger partial charge in [-0.05, 0) is 24.7 Å². The molecular formula is C15H25NO4. The van der Waals surface area contributed by atoms with Crippen LogP contribution in [0.5, 0.6) is 0 Å². The summed E-state index contributed by atoms with van der Waals surface area (Å²) in [6.07, 6.45) is 5.36. The molecule has 0 aromatic heterocycles. The van der Waals surface area contributed by atoms with E-state index in [0.717, 1.165) is 12.8 Å². The third kappa shape index (κ3) is 3.51. The number of carbonyl (C=O) groups is 2. The van der Waals surface area contributed by atoms with Gasteiger partial charge in [-0.25, -0.2) is 4.79 Å². The van der Waals surface area contributed by atoms with Crippen LogP contribution in [0.1, 0.15) is 45.4 Å². The average molecular weight is 283 g/mol. The number of carbonyl (C=O) groups excluding carboxylic acids is 1. The Balaban J connectivity index is 1.94. The number of amides is 1. The number of aliphatic carboxylic acids is 1. The molecule has 1 aliphatic heterocycles. The van der Waals surface area contributed by atoms with Gasteiger partial charge >= 0.3 is 5.97 Å². The molecular weight excluding hydrogens is 258 g/mol. The number of rotatable bonds is 4. The normalized spacial score (nSPS) is 34.2. The van der Waals surface area contributed by atoms with E-state index >= 15 is 0 Å². The Morgan fingerprint density at radius 2 is 2.05 bits per heavy atom. The van der Waals surface area contributed by atoms with Crippen molar-refractivity contribution in [2.75, 3.05) is 13.7 Å². The van der Waals surface area contributed by atoms with Gasteiger partial charge in [-0.3, -0.25) is 4.79 Å². The first kappa shape index (κ1) is 15.3. The predicted molar refractivity (Wildman–Crippen MR) is 74.3 cm³/mol. The van der Waals surface area contributed by atoms with Gasteiger partial charge in [0.25, 0.3) is 0 Å². The van der Waals surface area contributed by atoms with Gasteiger partial charge in [-0.1, -0.05) is 19.8 Å². The van der Waals surface area contributed by atoms with E-state index in [1.807, 2.05) is 0 Å². The van der Waals surface area contributed by atoms with Crippen molar-refractivity contribution in [3.8, 4) is 0 Å². The number of hydrogen-bond donors (Lipinski definition) is 1. The number of nitrogens with zero attached hydrogens (tertiary/aromatic N) is 1. The Labute approximate surface area is 120 Å². The Kier molecular flexibility index (Phi) is 5.02. The smallest absolute Gasteiger partial charge is 0.326 e. The molecule has 1 aliphatic carbocycles. The lowest BCUT2D eigenvalue weighted by atomic mass is 9.80. The van der Waals surface area contributed by atoms with Gasteiger partial charge in [-0.15, -0.1) is 0 Å². The molecule has 4 atom stereocenters. The van der Waals surface area contributed by atoms with Crippen LogP contribution < -0.4 is 0 Å².